The average molecular weight is 354 g/mol. The van der Waals surface area contributed by atoms with Crippen LogP contribution >= 0.6 is 46.1 Å². The Morgan fingerprint density at radius 1 is 1.27 bits per heavy atom. The molecule has 1 rings (SSSR count). The van der Waals surface area contributed by atoms with Gasteiger partial charge in [0.2, 0.25) is 0 Å². The van der Waals surface area contributed by atoms with E-state index >= 15 is 0 Å². The molecule has 0 aromatic heterocycles. The average Bonchev–Trinajstić information content (AvgIpc) is 2.22. The Bertz CT molecular complexity index is 311. The molecule has 0 unspecified atom stereocenters. The number of aromatic hydroxyl groups is 1. The molecule has 0 bridgehead atoms. The first-order valence-electron chi connectivity index (χ1n) is 4.90. The second kappa shape index (κ2) is 6.91. The van der Waals surface area contributed by atoms with Gasteiger partial charge in [0.25, 0.3) is 0 Å². The molecule has 0 fully saturated rings. The number of thioether (sulfide) groups is 2. The molecule has 4 heteroatoms. The van der Waals surface area contributed by atoms with Crippen molar-refractivity contribution in [1.82, 2.24) is 0 Å². The van der Waals surface area contributed by atoms with E-state index in [2.05, 4.69) is 42.5 Å². The summed E-state index contributed by atoms with van der Waals surface area (Å²) < 4.78 is 1.43. The van der Waals surface area contributed by atoms with E-state index in [0.29, 0.717) is 10.3 Å². The van der Waals surface area contributed by atoms with Gasteiger partial charge in [-0.1, -0.05) is 19.9 Å². The third-order valence-corrected chi connectivity index (χ3v) is 5.38. The lowest BCUT2D eigenvalue weighted by atomic mass is 10.2. The zero-order valence-electron chi connectivity index (χ0n) is 8.87. The Morgan fingerprint density at radius 3 is 2.33 bits per heavy atom. The highest BCUT2D eigenvalue weighted by Gasteiger charge is 2.12. The highest BCUT2D eigenvalue weighted by atomic mass is 127. The molecule has 0 aliphatic rings. The van der Waals surface area contributed by atoms with Gasteiger partial charge in [0.15, 0.2) is 0 Å². The van der Waals surface area contributed by atoms with Crippen molar-refractivity contribution < 1.29 is 5.11 Å². The molecule has 0 atom stereocenters. The van der Waals surface area contributed by atoms with Crippen molar-refractivity contribution >= 4 is 46.1 Å². The van der Waals surface area contributed by atoms with Gasteiger partial charge >= 0.3 is 0 Å². The Balaban J connectivity index is 2.85. The van der Waals surface area contributed by atoms with Gasteiger partial charge in [-0.25, -0.2) is 0 Å². The molecular weight excluding hydrogens is 339 g/mol. The highest BCUT2D eigenvalue weighted by Crippen LogP contribution is 2.40. The van der Waals surface area contributed by atoms with Crippen molar-refractivity contribution in [2.75, 3.05) is 11.5 Å². The quantitative estimate of drug-likeness (QED) is 0.621. The van der Waals surface area contributed by atoms with Crippen molar-refractivity contribution in [3.8, 4) is 5.75 Å². The second-order valence-electron chi connectivity index (χ2n) is 2.95. The van der Waals surface area contributed by atoms with E-state index in [-0.39, 0.29) is 0 Å². The smallest absolute Gasteiger partial charge is 0.128 e. The molecule has 0 saturated carbocycles. The third-order valence-electron chi connectivity index (χ3n) is 1.88. The van der Waals surface area contributed by atoms with Crippen LogP contribution in [0.25, 0.3) is 0 Å². The van der Waals surface area contributed by atoms with Crippen molar-refractivity contribution in [2.45, 2.75) is 18.4 Å². The lowest BCUT2D eigenvalue weighted by Crippen LogP contribution is -1.91. The van der Waals surface area contributed by atoms with Crippen LogP contribution in [0.4, 0.5) is 0 Å². The molecule has 1 N–H and O–H groups in total. The Labute approximate surface area is 114 Å². The SMILES string of the molecule is CCSC(SCC)c1ccc(O)c(I)c1. The van der Waals surface area contributed by atoms with Gasteiger partial charge in [-0.3, -0.25) is 0 Å². The van der Waals surface area contributed by atoms with E-state index in [0.717, 1.165) is 15.1 Å². The van der Waals surface area contributed by atoms with Crippen LogP contribution in [0.3, 0.4) is 0 Å². The number of rotatable bonds is 5. The van der Waals surface area contributed by atoms with Crippen molar-refractivity contribution in [3.05, 3.63) is 27.3 Å². The number of phenolic OH excluding ortho intramolecular Hbond substituents is 1. The molecule has 0 aliphatic carbocycles. The maximum Gasteiger partial charge on any atom is 0.128 e. The maximum atomic E-state index is 9.46. The summed E-state index contributed by atoms with van der Waals surface area (Å²) >= 11 is 6.06. The summed E-state index contributed by atoms with van der Waals surface area (Å²) in [4.78, 5) is 0. The Morgan fingerprint density at radius 2 is 1.87 bits per heavy atom. The molecule has 0 heterocycles. The first kappa shape index (κ1) is 13.5. The fourth-order valence-corrected chi connectivity index (χ4v) is 4.24. The minimum absolute atomic E-state index is 0.376. The molecule has 1 aromatic carbocycles. The van der Waals surface area contributed by atoms with Crippen molar-refractivity contribution in [2.24, 2.45) is 0 Å². The van der Waals surface area contributed by atoms with Crippen LogP contribution in [0.5, 0.6) is 5.75 Å². The van der Waals surface area contributed by atoms with Crippen LogP contribution in [-0.2, 0) is 0 Å². The minimum atomic E-state index is 0.376. The van der Waals surface area contributed by atoms with Crippen LogP contribution in [0.15, 0.2) is 18.2 Å². The van der Waals surface area contributed by atoms with E-state index in [1.54, 1.807) is 6.07 Å². The maximum absolute atomic E-state index is 9.46. The molecule has 0 amide bonds. The molecule has 0 saturated heterocycles. The van der Waals surface area contributed by atoms with Gasteiger partial charge in [-0.05, 0) is 51.8 Å². The van der Waals surface area contributed by atoms with Crippen molar-refractivity contribution in [3.63, 3.8) is 0 Å². The molecular formula is C11H15IOS2. The zero-order valence-corrected chi connectivity index (χ0v) is 12.7. The lowest BCUT2D eigenvalue weighted by molar-refractivity contribution is 0.471. The lowest BCUT2D eigenvalue weighted by Gasteiger charge is -2.15. The number of phenols is 1. The highest BCUT2D eigenvalue weighted by molar-refractivity contribution is 14.1. The van der Waals surface area contributed by atoms with Crippen LogP contribution in [0, 0.1) is 3.57 Å². The summed E-state index contributed by atoms with van der Waals surface area (Å²) in [6.45, 7) is 4.36. The number of halogens is 1. The fourth-order valence-electron chi connectivity index (χ4n) is 1.21. The molecule has 0 spiro atoms. The summed E-state index contributed by atoms with van der Waals surface area (Å²) in [5.74, 6) is 2.62. The third kappa shape index (κ3) is 4.07. The zero-order chi connectivity index (χ0) is 11.3. The van der Waals surface area contributed by atoms with Crippen LogP contribution < -0.4 is 0 Å². The van der Waals surface area contributed by atoms with Gasteiger partial charge in [0.05, 0.1) is 8.15 Å². The van der Waals surface area contributed by atoms with E-state index < -0.39 is 0 Å². The summed E-state index contributed by atoms with van der Waals surface area (Å²) in [7, 11) is 0. The monoisotopic (exact) mass is 354 g/mol. The largest absolute Gasteiger partial charge is 0.507 e. The minimum Gasteiger partial charge on any atom is -0.507 e. The molecule has 1 aromatic rings. The Hall–Kier alpha value is 0.450. The predicted molar refractivity (Wildman–Crippen MR) is 79.8 cm³/mol. The predicted octanol–water partition coefficient (Wildman–Crippen LogP) is 4.50. The Kier molecular flexibility index (Phi) is 6.23. The summed E-state index contributed by atoms with van der Waals surface area (Å²) in [5, 5.41) is 9.46. The van der Waals surface area contributed by atoms with Gasteiger partial charge in [0, 0.05) is 0 Å². The first-order chi connectivity index (χ1) is 7.19. The van der Waals surface area contributed by atoms with Crippen LogP contribution in [0.1, 0.15) is 24.0 Å². The van der Waals surface area contributed by atoms with Crippen molar-refractivity contribution in [1.29, 1.82) is 0 Å². The molecule has 15 heavy (non-hydrogen) atoms. The van der Waals surface area contributed by atoms with E-state index in [9.17, 15) is 5.11 Å². The van der Waals surface area contributed by atoms with E-state index in [1.807, 2.05) is 29.6 Å². The molecule has 0 radical (unpaired) electrons. The van der Waals surface area contributed by atoms with Crippen LogP contribution in [-0.4, -0.2) is 16.6 Å². The van der Waals surface area contributed by atoms with Gasteiger partial charge in [0.1, 0.15) is 5.75 Å². The van der Waals surface area contributed by atoms with Gasteiger partial charge in [-0.15, -0.1) is 23.5 Å². The fraction of sp³-hybridized carbons (Fsp3) is 0.455. The summed E-state index contributed by atoms with van der Waals surface area (Å²) in [6, 6.07) is 5.88. The van der Waals surface area contributed by atoms with Gasteiger partial charge < -0.3 is 5.11 Å². The van der Waals surface area contributed by atoms with Gasteiger partial charge in [-0.2, -0.15) is 0 Å². The standard InChI is InChI=1S/C11H15IOS2/c1-3-14-11(15-4-2)8-5-6-10(13)9(12)7-8/h5-7,11,13H,3-4H2,1-2H3. The second-order valence-corrected chi connectivity index (χ2v) is 7.18. The number of benzene rings is 1. The normalized spacial score (nSPS) is 10.9. The topological polar surface area (TPSA) is 20.2 Å². The van der Waals surface area contributed by atoms with E-state index in [1.165, 1.54) is 5.56 Å². The molecule has 1 nitrogen and oxygen atoms in total. The molecule has 0 aliphatic heterocycles. The number of hydrogen-bond acceptors (Lipinski definition) is 3. The van der Waals surface area contributed by atoms with E-state index in [4.69, 9.17) is 0 Å². The summed E-state index contributed by atoms with van der Waals surface area (Å²) in [5.41, 5.74) is 1.30. The first-order valence-corrected chi connectivity index (χ1v) is 8.08. The van der Waals surface area contributed by atoms with Crippen LogP contribution in [0.2, 0.25) is 0 Å². The number of hydrogen-bond donors (Lipinski definition) is 1. The summed E-state index contributed by atoms with van der Waals surface area (Å²) in [6.07, 6.45) is 0. The molecule has 84 valence electrons.